The third-order valence-corrected chi connectivity index (χ3v) is 6.95. The Morgan fingerprint density at radius 2 is 1.76 bits per heavy atom. The molecule has 1 aliphatic rings. The van der Waals surface area contributed by atoms with Crippen LogP contribution in [0.3, 0.4) is 0 Å². The molecule has 0 radical (unpaired) electrons. The number of hydrogen-bond acceptors (Lipinski definition) is 7. The average molecular weight is 562 g/mol. The molecule has 0 bridgehead atoms. The molecule has 4 atom stereocenters. The monoisotopic (exact) mass is 561 g/mol. The number of aliphatic hydroxyl groups is 1. The molecule has 1 fully saturated rings. The fourth-order valence-electron chi connectivity index (χ4n) is 4.15. The molecular formula is C27H29Cl2N3O6. The normalized spacial score (nSPS) is 20.1. The van der Waals surface area contributed by atoms with E-state index >= 15 is 0 Å². The molecule has 38 heavy (non-hydrogen) atoms. The van der Waals surface area contributed by atoms with Gasteiger partial charge in [0, 0.05) is 25.5 Å². The first-order valence-electron chi connectivity index (χ1n) is 12.1. The number of nitrogens with zero attached hydrogens (tertiary/aromatic N) is 2. The first-order chi connectivity index (χ1) is 18.2. The number of benzene rings is 2. The minimum absolute atomic E-state index is 0.0322. The molecule has 4 rings (SSSR count). The third-order valence-electron chi connectivity index (χ3n) is 6.18. The summed E-state index contributed by atoms with van der Waals surface area (Å²) in [6, 6.07) is 15.2. The summed E-state index contributed by atoms with van der Waals surface area (Å²) in [5.74, 6) is -0.886. The summed E-state index contributed by atoms with van der Waals surface area (Å²) in [5.41, 5.74) is 3.46. The lowest BCUT2D eigenvalue weighted by molar-refractivity contribution is -0.252. The van der Waals surface area contributed by atoms with E-state index in [4.69, 9.17) is 37.4 Å². The Balaban J connectivity index is 1.47. The van der Waals surface area contributed by atoms with Crippen LogP contribution in [-0.2, 0) is 43.5 Å². The molecule has 3 aromatic rings. The number of carbonyl (C=O) groups excluding carboxylic acids is 2. The quantitative estimate of drug-likeness (QED) is 0.370. The van der Waals surface area contributed by atoms with Crippen molar-refractivity contribution in [2.45, 2.75) is 64.6 Å². The van der Waals surface area contributed by atoms with E-state index in [1.54, 1.807) is 10.9 Å². The van der Waals surface area contributed by atoms with E-state index in [2.05, 4.69) is 10.3 Å². The van der Waals surface area contributed by atoms with Crippen molar-refractivity contribution in [2.24, 2.45) is 0 Å². The van der Waals surface area contributed by atoms with E-state index in [-0.39, 0.29) is 36.4 Å². The molecule has 1 aliphatic heterocycles. The first kappa shape index (κ1) is 28.1. The van der Waals surface area contributed by atoms with Crippen LogP contribution in [0.1, 0.15) is 54.9 Å². The van der Waals surface area contributed by atoms with Gasteiger partial charge < -0.3 is 29.2 Å². The lowest BCUT2D eigenvalue weighted by Gasteiger charge is -2.36. The van der Waals surface area contributed by atoms with Crippen LogP contribution in [0.25, 0.3) is 0 Å². The molecule has 1 unspecified atom stereocenters. The van der Waals surface area contributed by atoms with Gasteiger partial charge in [-0.05, 0) is 23.6 Å². The van der Waals surface area contributed by atoms with E-state index in [1.165, 1.54) is 13.8 Å². The van der Waals surface area contributed by atoms with Crippen LogP contribution in [0.5, 0.6) is 0 Å². The van der Waals surface area contributed by atoms with Gasteiger partial charge >= 0.3 is 5.97 Å². The first-order valence-corrected chi connectivity index (χ1v) is 12.9. The van der Waals surface area contributed by atoms with Gasteiger partial charge in [0.05, 0.1) is 31.7 Å². The standard InChI is InChI=1S/C27H29Cl2N3O6/c1-16(36-17(2)34)26(35)30-12-18-3-9-21(10-4-18)27-37-22(13-32-15-31-24(28)25(32)29)11-23(38-27)20-7-5-19(14-33)6-8-20/h3-10,15-16,22-23,27,33H,11-14H2,1-2H3,(H,30,35)/t16-,22-,23+,27?/m0/s1. The third kappa shape index (κ3) is 7.12. The van der Waals surface area contributed by atoms with Gasteiger partial charge in [-0.15, -0.1) is 0 Å². The van der Waals surface area contributed by atoms with E-state index in [0.29, 0.717) is 18.1 Å². The van der Waals surface area contributed by atoms with Gasteiger partial charge in [-0.25, -0.2) is 4.98 Å². The van der Waals surface area contributed by atoms with Gasteiger partial charge in [-0.1, -0.05) is 71.7 Å². The van der Waals surface area contributed by atoms with Crippen molar-refractivity contribution in [2.75, 3.05) is 0 Å². The fourth-order valence-corrected chi connectivity index (χ4v) is 4.46. The number of aromatic nitrogens is 2. The van der Waals surface area contributed by atoms with Crippen molar-refractivity contribution >= 4 is 35.1 Å². The van der Waals surface area contributed by atoms with Crippen LogP contribution in [0.15, 0.2) is 54.9 Å². The smallest absolute Gasteiger partial charge is 0.303 e. The van der Waals surface area contributed by atoms with Crippen LogP contribution in [0.4, 0.5) is 0 Å². The largest absolute Gasteiger partial charge is 0.453 e. The summed E-state index contributed by atoms with van der Waals surface area (Å²) < 4.78 is 19.3. The Labute approximate surface area is 230 Å². The summed E-state index contributed by atoms with van der Waals surface area (Å²) in [7, 11) is 0. The van der Waals surface area contributed by atoms with Crippen molar-refractivity contribution in [1.29, 1.82) is 0 Å². The minimum Gasteiger partial charge on any atom is -0.453 e. The van der Waals surface area contributed by atoms with Gasteiger partial charge in [-0.2, -0.15) is 0 Å². The van der Waals surface area contributed by atoms with Crippen LogP contribution >= 0.6 is 23.2 Å². The molecule has 1 aromatic heterocycles. The molecule has 1 saturated heterocycles. The maximum atomic E-state index is 12.1. The molecule has 11 heteroatoms. The highest BCUT2D eigenvalue weighted by atomic mass is 35.5. The lowest BCUT2D eigenvalue weighted by Crippen LogP contribution is -2.35. The zero-order valence-corrected chi connectivity index (χ0v) is 22.5. The van der Waals surface area contributed by atoms with E-state index < -0.39 is 18.4 Å². The van der Waals surface area contributed by atoms with E-state index in [0.717, 1.165) is 22.3 Å². The summed E-state index contributed by atoms with van der Waals surface area (Å²) in [5, 5.41) is 12.7. The maximum absolute atomic E-state index is 12.1. The number of ether oxygens (including phenoxy) is 3. The van der Waals surface area contributed by atoms with Crippen molar-refractivity contribution < 1.29 is 28.9 Å². The predicted molar refractivity (Wildman–Crippen MR) is 140 cm³/mol. The number of imidazole rings is 1. The van der Waals surface area contributed by atoms with E-state index in [9.17, 15) is 14.7 Å². The van der Waals surface area contributed by atoms with E-state index in [1.807, 2.05) is 48.5 Å². The molecule has 0 aliphatic carbocycles. The highest BCUT2D eigenvalue weighted by Crippen LogP contribution is 2.39. The average Bonchev–Trinajstić information content (AvgIpc) is 3.23. The zero-order valence-electron chi connectivity index (χ0n) is 21.0. The number of aliphatic hydroxyl groups excluding tert-OH is 1. The van der Waals surface area contributed by atoms with Crippen molar-refractivity contribution in [3.63, 3.8) is 0 Å². The molecular weight excluding hydrogens is 533 g/mol. The van der Waals surface area contributed by atoms with Gasteiger partial charge in [0.25, 0.3) is 5.91 Å². The molecule has 9 nitrogen and oxygen atoms in total. The van der Waals surface area contributed by atoms with Crippen molar-refractivity contribution in [3.05, 3.63) is 87.4 Å². The minimum atomic E-state index is -0.866. The Bertz CT molecular complexity index is 1250. The topological polar surface area (TPSA) is 112 Å². The predicted octanol–water partition coefficient (Wildman–Crippen LogP) is 4.50. The van der Waals surface area contributed by atoms with Crippen molar-refractivity contribution in [3.8, 4) is 0 Å². The van der Waals surface area contributed by atoms with Gasteiger partial charge in [0.2, 0.25) is 0 Å². The number of hydrogen-bond donors (Lipinski definition) is 2. The molecule has 2 aromatic carbocycles. The highest BCUT2D eigenvalue weighted by molar-refractivity contribution is 6.40. The number of rotatable bonds is 9. The number of amides is 1. The van der Waals surface area contributed by atoms with Crippen LogP contribution < -0.4 is 5.32 Å². The Hall–Kier alpha value is -2.95. The summed E-state index contributed by atoms with van der Waals surface area (Å²) in [6.45, 7) is 3.46. The Kier molecular flexibility index (Phi) is 9.40. The Morgan fingerprint density at radius 3 is 2.37 bits per heavy atom. The van der Waals surface area contributed by atoms with Crippen LogP contribution in [0, 0.1) is 0 Å². The van der Waals surface area contributed by atoms with Gasteiger partial charge in [0.15, 0.2) is 17.5 Å². The van der Waals surface area contributed by atoms with Crippen molar-refractivity contribution in [1.82, 2.24) is 14.9 Å². The lowest BCUT2D eigenvalue weighted by atomic mass is 10.00. The maximum Gasteiger partial charge on any atom is 0.303 e. The second-order valence-corrected chi connectivity index (χ2v) is 9.76. The highest BCUT2D eigenvalue weighted by Gasteiger charge is 2.33. The molecule has 202 valence electrons. The summed E-state index contributed by atoms with van der Waals surface area (Å²) in [4.78, 5) is 27.2. The second kappa shape index (κ2) is 12.7. The molecule has 0 spiro atoms. The van der Waals surface area contributed by atoms with Gasteiger partial charge in [0.1, 0.15) is 5.15 Å². The molecule has 0 saturated carbocycles. The van der Waals surface area contributed by atoms with Crippen LogP contribution in [-0.4, -0.2) is 38.7 Å². The van der Waals surface area contributed by atoms with Crippen LogP contribution in [0.2, 0.25) is 10.3 Å². The number of halogens is 2. The number of nitrogens with one attached hydrogen (secondary N) is 1. The molecule has 2 N–H and O–H groups in total. The molecule has 1 amide bonds. The summed E-state index contributed by atoms with van der Waals surface area (Å²) in [6.07, 6.45) is 0.129. The number of carbonyl (C=O) groups is 2. The van der Waals surface area contributed by atoms with Gasteiger partial charge in [-0.3, -0.25) is 9.59 Å². The SMILES string of the molecule is CC(=O)O[C@@H](C)C(=O)NCc1ccc(C2O[C@H](Cn3cnc(Cl)c3Cl)C[C@H](c3ccc(CO)cc3)O2)cc1. The zero-order chi connectivity index (χ0) is 27.2. The fraction of sp³-hybridized carbons (Fsp3) is 0.370. The number of esters is 1. The second-order valence-electron chi connectivity index (χ2n) is 9.04. The summed E-state index contributed by atoms with van der Waals surface area (Å²) >= 11 is 12.3. The molecule has 2 heterocycles. The Morgan fingerprint density at radius 1 is 1.11 bits per heavy atom.